The predicted octanol–water partition coefficient (Wildman–Crippen LogP) is 2.81. The number of hydrogen-bond acceptors (Lipinski definition) is 3. The number of carboxylic acids is 1. The lowest BCUT2D eigenvalue weighted by molar-refractivity contribution is -0.142. The van der Waals surface area contributed by atoms with Gasteiger partial charge >= 0.3 is 5.97 Å². The number of allylic oxidation sites excluding steroid dienone is 1. The topological polar surface area (TPSA) is 69.6 Å². The van der Waals surface area contributed by atoms with Crippen LogP contribution in [0.2, 0.25) is 0 Å². The standard InChI is InChI=1S/C17H32N2O3/c1-4-5-6-7-8-9-13-16(20)18-14-11-10-12-15(17(21)22)19(2)3/h9,13,15H,4-8,10-12,14H2,1-3H3,(H,18,20)(H,21,22)/b13-9+/t15-/m0/s1. The van der Waals surface area contributed by atoms with Crippen LogP contribution in [-0.2, 0) is 9.59 Å². The molecule has 0 fully saturated rings. The molecule has 0 aliphatic rings. The van der Waals surface area contributed by atoms with Crippen molar-refractivity contribution in [2.45, 2.75) is 64.3 Å². The van der Waals surface area contributed by atoms with Gasteiger partial charge in [-0.3, -0.25) is 14.5 Å². The van der Waals surface area contributed by atoms with Crippen LogP contribution in [-0.4, -0.2) is 48.6 Å². The molecule has 0 aliphatic heterocycles. The number of hydrogen-bond donors (Lipinski definition) is 2. The Morgan fingerprint density at radius 3 is 2.45 bits per heavy atom. The number of carbonyl (C=O) groups is 2. The Bertz CT molecular complexity index is 341. The van der Waals surface area contributed by atoms with Crippen LogP contribution in [0.1, 0.15) is 58.3 Å². The zero-order chi connectivity index (χ0) is 16.8. The molecule has 0 unspecified atom stereocenters. The number of nitrogens with one attached hydrogen (secondary N) is 1. The molecule has 0 aromatic heterocycles. The number of carboxylic acid groups (broad SMARTS) is 1. The lowest BCUT2D eigenvalue weighted by Crippen LogP contribution is -2.35. The Morgan fingerprint density at radius 1 is 1.14 bits per heavy atom. The van der Waals surface area contributed by atoms with Gasteiger partial charge in [0.05, 0.1) is 0 Å². The van der Waals surface area contributed by atoms with Crippen LogP contribution < -0.4 is 5.32 Å². The Kier molecular flexibility index (Phi) is 12.5. The van der Waals surface area contributed by atoms with Crippen molar-refractivity contribution in [3.63, 3.8) is 0 Å². The third-order valence-corrected chi connectivity index (χ3v) is 3.61. The largest absolute Gasteiger partial charge is 0.480 e. The lowest BCUT2D eigenvalue weighted by Gasteiger charge is -2.19. The molecule has 5 heteroatoms. The zero-order valence-electron chi connectivity index (χ0n) is 14.3. The Balaban J connectivity index is 3.63. The summed E-state index contributed by atoms with van der Waals surface area (Å²) in [5, 5.41) is 11.9. The molecule has 0 aliphatic carbocycles. The maximum Gasteiger partial charge on any atom is 0.320 e. The fraction of sp³-hybridized carbons (Fsp3) is 0.765. The lowest BCUT2D eigenvalue weighted by atomic mass is 10.1. The van der Waals surface area contributed by atoms with Gasteiger partial charge in [-0.15, -0.1) is 0 Å². The monoisotopic (exact) mass is 312 g/mol. The molecule has 0 rings (SSSR count). The third-order valence-electron chi connectivity index (χ3n) is 3.61. The number of likely N-dealkylation sites (N-methyl/N-ethyl adjacent to an activating group) is 1. The molecule has 0 aromatic carbocycles. The summed E-state index contributed by atoms with van der Waals surface area (Å²) in [5.74, 6) is -0.849. The van der Waals surface area contributed by atoms with Crippen LogP contribution in [0.25, 0.3) is 0 Å². The van der Waals surface area contributed by atoms with E-state index in [1.165, 1.54) is 19.3 Å². The number of carbonyl (C=O) groups excluding carboxylic acids is 1. The molecular weight excluding hydrogens is 280 g/mol. The predicted molar refractivity (Wildman–Crippen MR) is 89.9 cm³/mol. The van der Waals surface area contributed by atoms with Gasteiger partial charge in [0.15, 0.2) is 0 Å². The summed E-state index contributed by atoms with van der Waals surface area (Å²) in [6.07, 6.45) is 11.5. The minimum absolute atomic E-state index is 0.0575. The number of aliphatic carboxylic acids is 1. The van der Waals surface area contributed by atoms with Crippen LogP contribution in [0.3, 0.4) is 0 Å². The maximum absolute atomic E-state index is 11.5. The Morgan fingerprint density at radius 2 is 1.86 bits per heavy atom. The summed E-state index contributed by atoms with van der Waals surface area (Å²) < 4.78 is 0. The minimum Gasteiger partial charge on any atom is -0.480 e. The first-order valence-electron chi connectivity index (χ1n) is 8.32. The van der Waals surface area contributed by atoms with Crippen LogP contribution in [0, 0.1) is 0 Å². The van der Waals surface area contributed by atoms with Crippen molar-refractivity contribution in [1.29, 1.82) is 0 Å². The van der Waals surface area contributed by atoms with E-state index in [2.05, 4.69) is 12.2 Å². The Hall–Kier alpha value is -1.36. The summed E-state index contributed by atoms with van der Waals surface area (Å²) in [6.45, 7) is 2.78. The van der Waals surface area contributed by atoms with Crippen molar-refractivity contribution in [2.24, 2.45) is 0 Å². The van der Waals surface area contributed by atoms with Gasteiger partial charge in [0.1, 0.15) is 6.04 Å². The molecule has 0 bridgehead atoms. The second-order valence-corrected chi connectivity index (χ2v) is 5.86. The molecule has 5 nitrogen and oxygen atoms in total. The number of unbranched alkanes of at least 4 members (excludes halogenated alkanes) is 5. The van der Waals surface area contributed by atoms with Gasteiger partial charge in [-0.05, 0) is 52.3 Å². The highest BCUT2D eigenvalue weighted by atomic mass is 16.4. The van der Waals surface area contributed by atoms with E-state index in [9.17, 15) is 9.59 Å². The van der Waals surface area contributed by atoms with E-state index in [1.54, 1.807) is 25.1 Å². The highest BCUT2D eigenvalue weighted by molar-refractivity contribution is 5.87. The molecule has 1 atom stereocenters. The summed E-state index contributed by atoms with van der Waals surface area (Å²) in [7, 11) is 3.54. The van der Waals surface area contributed by atoms with Crippen molar-refractivity contribution in [2.75, 3.05) is 20.6 Å². The van der Waals surface area contributed by atoms with E-state index in [4.69, 9.17) is 5.11 Å². The van der Waals surface area contributed by atoms with Crippen molar-refractivity contribution >= 4 is 11.9 Å². The molecule has 0 saturated heterocycles. The number of rotatable bonds is 13. The van der Waals surface area contributed by atoms with Gasteiger partial charge in [0, 0.05) is 6.54 Å². The quantitative estimate of drug-likeness (QED) is 0.405. The van der Waals surface area contributed by atoms with Crippen LogP contribution in [0.4, 0.5) is 0 Å². The summed E-state index contributed by atoms with van der Waals surface area (Å²) in [5.41, 5.74) is 0. The molecule has 0 heterocycles. The summed E-state index contributed by atoms with van der Waals surface area (Å²) >= 11 is 0. The van der Waals surface area contributed by atoms with Gasteiger partial charge < -0.3 is 10.4 Å². The van der Waals surface area contributed by atoms with E-state index in [1.807, 2.05) is 6.08 Å². The zero-order valence-corrected chi connectivity index (χ0v) is 14.3. The SMILES string of the molecule is CCCCCC/C=C/C(=O)NCCCC[C@@H](C(=O)O)N(C)C. The first-order valence-corrected chi connectivity index (χ1v) is 8.32. The first kappa shape index (κ1) is 20.6. The first-order chi connectivity index (χ1) is 10.5. The van der Waals surface area contributed by atoms with Crippen LogP contribution in [0.5, 0.6) is 0 Å². The minimum atomic E-state index is -0.792. The molecule has 22 heavy (non-hydrogen) atoms. The molecule has 0 spiro atoms. The molecule has 128 valence electrons. The van der Waals surface area contributed by atoms with E-state index in [0.717, 1.165) is 25.7 Å². The summed E-state index contributed by atoms with van der Waals surface area (Å²) in [6, 6.07) is -0.446. The number of amides is 1. The molecule has 0 aromatic rings. The van der Waals surface area contributed by atoms with Gasteiger partial charge in [-0.1, -0.05) is 32.3 Å². The van der Waals surface area contributed by atoms with Crippen molar-refractivity contribution < 1.29 is 14.7 Å². The number of nitrogens with zero attached hydrogens (tertiary/aromatic N) is 1. The van der Waals surface area contributed by atoms with Gasteiger partial charge in [0.2, 0.25) is 5.91 Å². The highest BCUT2D eigenvalue weighted by Crippen LogP contribution is 2.06. The highest BCUT2D eigenvalue weighted by Gasteiger charge is 2.18. The average Bonchev–Trinajstić information content (AvgIpc) is 2.45. The second kappa shape index (κ2) is 13.3. The van der Waals surface area contributed by atoms with Crippen LogP contribution in [0.15, 0.2) is 12.2 Å². The Labute approximate surface area is 134 Å². The molecular formula is C17H32N2O3. The van der Waals surface area contributed by atoms with Crippen LogP contribution >= 0.6 is 0 Å². The fourth-order valence-corrected chi connectivity index (χ4v) is 2.22. The molecule has 0 radical (unpaired) electrons. The van der Waals surface area contributed by atoms with Gasteiger partial charge in [-0.2, -0.15) is 0 Å². The van der Waals surface area contributed by atoms with Crippen molar-refractivity contribution in [3.05, 3.63) is 12.2 Å². The second-order valence-electron chi connectivity index (χ2n) is 5.86. The average molecular weight is 312 g/mol. The molecule has 2 N–H and O–H groups in total. The van der Waals surface area contributed by atoms with E-state index < -0.39 is 12.0 Å². The van der Waals surface area contributed by atoms with E-state index >= 15 is 0 Å². The maximum atomic E-state index is 11.5. The molecule has 1 amide bonds. The third kappa shape index (κ3) is 11.3. The van der Waals surface area contributed by atoms with Crippen molar-refractivity contribution in [1.82, 2.24) is 10.2 Å². The normalized spacial score (nSPS) is 12.7. The molecule has 0 saturated carbocycles. The van der Waals surface area contributed by atoms with E-state index in [-0.39, 0.29) is 5.91 Å². The fourth-order valence-electron chi connectivity index (χ4n) is 2.22. The van der Waals surface area contributed by atoms with Crippen molar-refractivity contribution in [3.8, 4) is 0 Å². The van der Waals surface area contributed by atoms with Gasteiger partial charge in [0.25, 0.3) is 0 Å². The smallest absolute Gasteiger partial charge is 0.320 e. The summed E-state index contributed by atoms with van der Waals surface area (Å²) in [4.78, 5) is 24.3. The van der Waals surface area contributed by atoms with Gasteiger partial charge in [-0.25, -0.2) is 0 Å². The van der Waals surface area contributed by atoms with E-state index in [0.29, 0.717) is 13.0 Å².